The first-order chi connectivity index (χ1) is 10.0. The number of carbonyl (C=O) groups is 1. The van der Waals surface area contributed by atoms with E-state index in [1.54, 1.807) is 12.1 Å². The number of aromatic hydroxyl groups is 1. The van der Waals surface area contributed by atoms with Gasteiger partial charge in [-0.15, -0.1) is 0 Å². The van der Waals surface area contributed by atoms with E-state index in [4.69, 9.17) is 4.42 Å². The van der Waals surface area contributed by atoms with E-state index in [9.17, 15) is 14.7 Å². The fourth-order valence-electron chi connectivity index (χ4n) is 2.13. The van der Waals surface area contributed by atoms with Gasteiger partial charge >= 0.3 is 11.6 Å². The first kappa shape index (κ1) is 14.9. The van der Waals surface area contributed by atoms with Crippen LogP contribution in [0.5, 0.6) is 5.75 Å². The van der Waals surface area contributed by atoms with Crippen LogP contribution in [-0.4, -0.2) is 31.3 Å². The first-order valence-corrected chi connectivity index (χ1v) is 6.63. The number of hydrogen-bond donors (Lipinski definition) is 1. The summed E-state index contributed by atoms with van der Waals surface area (Å²) in [4.78, 5) is 24.5. The van der Waals surface area contributed by atoms with Gasteiger partial charge in [-0.05, 0) is 19.1 Å². The third kappa shape index (κ3) is 3.34. The Morgan fingerprint density at radius 2 is 2.14 bits per heavy atom. The van der Waals surface area contributed by atoms with Gasteiger partial charge in [-0.2, -0.15) is 0 Å². The largest absolute Gasteiger partial charge is 0.507 e. The molecule has 1 heterocycles. The molecule has 112 valence electrons. The Bertz CT molecular complexity index is 707. The predicted molar refractivity (Wildman–Crippen MR) is 78.7 cm³/mol. The van der Waals surface area contributed by atoms with E-state index in [0.717, 1.165) is 11.8 Å². The molecule has 0 amide bonds. The fourth-order valence-corrected chi connectivity index (χ4v) is 2.13. The summed E-state index contributed by atoms with van der Waals surface area (Å²) < 4.78 is 9.71. The summed E-state index contributed by atoms with van der Waals surface area (Å²) in [5.74, 6) is -0.385. The number of anilines is 1. The van der Waals surface area contributed by atoms with Crippen molar-refractivity contribution in [3.05, 3.63) is 34.7 Å². The standard InChI is InChI=1S/C15H17NO5/c1-3-16(7-6-14(18)20-2)10-4-5-11-12(17)9-15(19)21-13(11)8-10/h4-5,8-9,17H,3,6-7H2,1-2H3. The molecule has 6 heteroatoms. The summed E-state index contributed by atoms with van der Waals surface area (Å²) in [6.45, 7) is 3.14. The third-order valence-electron chi connectivity index (χ3n) is 3.27. The van der Waals surface area contributed by atoms with Crippen molar-refractivity contribution in [1.29, 1.82) is 0 Å². The van der Waals surface area contributed by atoms with Gasteiger partial charge in [0.25, 0.3) is 0 Å². The highest BCUT2D eigenvalue weighted by atomic mass is 16.5. The van der Waals surface area contributed by atoms with E-state index >= 15 is 0 Å². The fraction of sp³-hybridized carbons (Fsp3) is 0.333. The Balaban J connectivity index is 2.32. The number of ether oxygens (including phenoxy) is 1. The van der Waals surface area contributed by atoms with Gasteiger partial charge in [0.05, 0.1) is 25.0 Å². The maximum absolute atomic E-state index is 11.3. The van der Waals surface area contributed by atoms with Crippen molar-refractivity contribution in [3.8, 4) is 5.75 Å². The van der Waals surface area contributed by atoms with Gasteiger partial charge in [0.2, 0.25) is 0 Å². The molecule has 0 fully saturated rings. The SMILES string of the molecule is CCN(CCC(=O)OC)c1ccc2c(O)cc(=O)oc2c1. The predicted octanol–water partition coefficient (Wildman–Crippen LogP) is 1.89. The Hall–Kier alpha value is -2.50. The highest BCUT2D eigenvalue weighted by Gasteiger charge is 2.11. The molecule has 6 nitrogen and oxygen atoms in total. The molecule has 0 atom stereocenters. The molecule has 0 aliphatic carbocycles. The van der Waals surface area contributed by atoms with Gasteiger partial charge in [0.15, 0.2) is 0 Å². The Morgan fingerprint density at radius 1 is 1.38 bits per heavy atom. The average molecular weight is 291 g/mol. The smallest absolute Gasteiger partial charge is 0.339 e. The van der Waals surface area contributed by atoms with E-state index in [-0.39, 0.29) is 18.1 Å². The molecule has 0 unspecified atom stereocenters. The van der Waals surface area contributed by atoms with Crippen molar-refractivity contribution in [2.24, 2.45) is 0 Å². The lowest BCUT2D eigenvalue weighted by molar-refractivity contribution is -0.140. The van der Waals surface area contributed by atoms with Gasteiger partial charge < -0.3 is 19.2 Å². The quantitative estimate of drug-likeness (QED) is 0.669. The molecule has 1 N–H and O–H groups in total. The third-order valence-corrected chi connectivity index (χ3v) is 3.27. The molecule has 0 bridgehead atoms. The minimum atomic E-state index is -0.602. The number of methoxy groups -OCH3 is 1. The monoisotopic (exact) mass is 291 g/mol. The van der Waals surface area contributed by atoms with E-state index in [2.05, 4.69) is 4.74 Å². The maximum Gasteiger partial charge on any atom is 0.339 e. The van der Waals surface area contributed by atoms with Crippen LogP contribution in [-0.2, 0) is 9.53 Å². The zero-order valence-corrected chi connectivity index (χ0v) is 12.0. The number of benzene rings is 1. The zero-order chi connectivity index (χ0) is 15.4. The molecule has 0 aliphatic rings. The van der Waals surface area contributed by atoms with Crippen molar-refractivity contribution in [2.45, 2.75) is 13.3 Å². The normalized spacial score (nSPS) is 10.6. The molecule has 0 spiro atoms. The van der Waals surface area contributed by atoms with Crippen LogP contribution in [0, 0.1) is 0 Å². The number of carbonyl (C=O) groups excluding carboxylic acids is 1. The Morgan fingerprint density at radius 3 is 2.81 bits per heavy atom. The highest BCUT2D eigenvalue weighted by Crippen LogP contribution is 2.27. The van der Waals surface area contributed by atoms with Crippen molar-refractivity contribution in [3.63, 3.8) is 0 Å². The second-order valence-corrected chi connectivity index (χ2v) is 4.54. The number of esters is 1. The summed E-state index contributed by atoms with van der Waals surface area (Å²) in [5.41, 5.74) is 0.520. The van der Waals surface area contributed by atoms with E-state index in [0.29, 0.717) is 24.1 Å². The van der Waals surface area contributed by atoms with Crippen molar-refractivity contribution in [1.82, 2.24) is 0 Å². The van der Waals surface area contributed by atoms with Crippen LogP contribution >= 0.6 is 0 Å². The van der Waals surface area contributed by atoms with Crippen molar-refractivity contribution in [2.75, 3.05) is 25.1 Å². The van der Waals surface area contributed by atoms with Gasteiger partial charge in [-0.25, -0.2) is 4.79 Å². The van der Waals surface area contributed by atoms with Gasteiger partial charge in [0.1, 0.15) is 11.3 Å². The average Bonchev–Trinajstić information content (AvgIpc) is 2.47. The molecule has 21 heavy (non-hydrogen) atoms. The van der Waals surface area contributed by atoms with Crippen LogP contribution in [0.2, 0.25) is 0 Å². The van der Waals surface area contributed by atoms with Gasteiger partial charge in [-0.1, -0.05) is 0 Å². The molecule has 1 aromatic heterocycles. The lowest BCUT2D eigenvalue weighted by atomic mass is 10.2. The Labute approximate surface area is 121 Å². The molecule has 0 saturated heterocycles. The summed E-state index contributed by atoms with van der Waals surface area (Å²) in [5, 5.41) is 10.2. The molecule has 0 radical (unpaired) electrons. The van der Waals surface area contributed by atoms with Crippen molar-refractivity contribution < 1.29 is 19.1 Å². The summed E-state index contributed by atoms with van der Waals surface area (Å²) in [7, 11) is 1.35. The highest BCUT2D eigenvalue weighted by molar-refractivity contribution is 5.85. The number of fused-ring (bicyclic) bond motifs is 1. The lowest BCUT2D eigenvalue weighted by Gasteiger charge is -2.22. The maximum atomic E-state index is 11.3. The van der Waals surface area contributed by atoms with E-state index < -0.39 is 5.63 Å². The molecule has 0 saturated carbocycles. The molecular weight excluding hydrogens is 274 g/mol. The van der Waals surface area contributed by atoms with Gasteiger partial charge in [0, 0.05) is 24.8 Å². The van der Waals surface area contributed by atoms with Gasteiger partial charge in [-0.3, -0.25) is 4.79 Å². The van der Waals surface area contributed by atoms with Crippen LogP contribution in [0.1, 0.15) is 13.3 Å². The summed E-state index contributed by atoms with van der Waals surface area (Å²) >= 11 is 0. The van der Waals surface area contributed by atoms with Crippen LogP contribution in [0.3, 0.4) is 0 Å². The minimum absolute atomic E-state index is 0.106. The zero-order valence-electron chi connectivity index (χ0n) is 12.0. The summed E-state index contributed by atoms with van der Waals surface area (Å²) in [6.07, 6.45) is 0.270. The van der Waals surface area contributed by atoms with E-state index in [1.165, 1.54) is 7.11 Å². The molecule has 2 aromatic rings. The number of rotatable bonds is 5. The number of nitrogens with zero attached hydrogens (tertiary/aromatic N) is 1. The molecule has 0 aliphatic heterocycles. The van der Waals surface area contributed by atoms with Crippen LogP contribution in [0.4, 0.5) is 5.69 Å². The topological polar surface area (TPSA) is 80.0 Å². The van der Waals surface area contributed by atoms with Crippen molar-refractivity contribution >= 4 is 22.6 Å². The van der Waals surface area contributed by atoms with Crippen LogP contribution in [0.25, 0.3) is 11.0 Å². The second-order valence-electron chi connectivity index (χ2n) is 4.54. The molecule has 2 rings (SSSR count). The summed E-state index contributed by atoms with van der Waals surface area (Å²) in [6, 6.07) is 6.21. The van der Waals surface area contributed by atoms with E-state index in [1.807, 2.05) is 17.9 Å². The second kappa shape index (κ2) is 6.30. The first-order valence-electron chi connectivity index (χ1n) is 6.63. The number of hydrogen-bond acceptors (Lipinski definition) is 6. The van der Waals surface area contributed by atoms with Crippen LogP contribution < -0.4 is 10.5 Å². The minimum Gasteiger partial charge on any atom is -0.507 e. The lowest BCUT2D eigenvalue weighted by Crippen LogP contribution is -2.26. The molecule has 1 aromatic carbocycles. The molecular formula is C15H17NO5. The Kier molecular flexibility index (Phi) is 4.47. The van der Waals surface area contributed by atoms with Crippen LogP contribution in [0.15, 0.2) is 33.5 Å².